The molecule has 3 atom stereocenters. The molecule has 0 saturated heterocycles. The lowest BCUT2D eigenvalue weighted by Crippen LogP contribution is -2.58. The van der Waals surface area contributed by atoms with E-state index in [0.717, 1.165) is 16.7 Å². The van der Waals surface area contributed by atoms with Crippen molar-refractivity contribution in [2.75, 3.05) is 29.5 Å². The van der Waals surface area contributed by atoms with E-state index in [2.05, 4.69) is 16.0 Å². The lowest BCUT2D eigenvalue weighted by molar-refractivity contribution is -0.138. The molecule has 5 N–H and O–H groups in total. The molecule has 1 aliphatic rings. The summed E-state index contributed by atoms with van der Waals surface area (Å²) in [5.41, 5.74) is 0.221. The van der Waals surface area contributed by atoms with E-state index in [0.29, 0.717) is 6.29 Å². The van der Waals surface area contributed by atoms with Gasteiger partial charge in [-0.25, -0.2) is 0 Å². The fourth-order valence-corrected chi connectivity index (χ4v) is 4.07. The Kier molecular flexibility index (Phi) is 11.4. The van der Waals surface area contributed by atoms with Gasteiger partial charge >= 0.3 is 5.97 Å². The molecule has 1 heterocycles. The van der Waals surface area contributed by atoms with Crippen LogP contribution in [0.15, 0.2) is 24.3 Å². The third kappa shape index (κ3) is 8.69. The zero-order valence-corrected chi connectivity index (χ0v) is 21.9. The summed E-state index contributed by atoms with van der Waals surface area (Å²) in [5, 5.41) is 25.6. The number of hydrogen-bond acceptors (Lipinski definition) is 9. The number of aliphatic hydroxyl groups is 1. The fraction of sp³-hybridized carbons (Fsp3) is 0.440. The monoisotopic (exact) mass is 561 g/mol. The molecule has 0 aromatic heterocycles. The van der Waals surface area contributed by atoms with E-state index in [4.69, 9.17) is 5.11 Å². The smallest absolute Gasteiger partial charge is 0.303 e. The summed E-state index contributed by atoms with van der Waals surface area (Å²) in [7, 11) is 0. The van der Waals surface area contributed by atoms with Crippen LogP contribution < -0.4 is 25.8 Å². The number of amides is 5. The van der Waals surface area contributed by atoms with Crippen molar-refractivity contribution in [1.82, 2.24) is 16.0 Å². The number of hydrogen-bond donors (Lipinski definition) is 5. The summed E-state index contributed by atoms with van der Waals surface area (Å²) in [5.74, 6) is -5.60. The Morgan fingerprint density at radius 2 is 1.73 bits per heavy atom. The average molecular weight is 562 g/mol. The van der Waals surface area contributed by atoms with Crippen LogP contribution in [0.5, 0.6) is 0 Å². The highest BCUT2D eigenvalue weighted by atomic mass is 16.4. The Morgan fingerprint density at radius 3 is 2.27 bits per heavy atom. The maximum atomic E-state index is 13.7. The molecule has 216 valence electrons. The number of aldehydes is 1. The Hall–Kier alpha value is -4.66. The molecule has 1 aliphatic heterocycles. The van der Waals surface area contributed by atoms with Crippen LogP contribution in [0.1, 0.15) is 33.1 Å². The van der Waals surface area contributed by atoms with Gasteiger partial charge in [-0.3, -0.25) is 38.5 Å². The Balaban J connectivity index is 2.45. The van der Waals surface area contributed by atoms with Crippen LogP contribution in [0.3, 0.4) is 0 Å². The largest absolute Gasteiger partial charge is 0.481 e. The molecule has 0 bridgehead atoms. The minimum absolute atomic E-state index is 0.0831. The van der Waals surface area contributed by atoms with Gasteiger partial charge in [-0.1, -0.05) is 12.1 Å². The van der Waals surface area contributed by atoms with Gasteiger partial charge < -0.3 is 35.9 Å². The van der Waals surface area contributed by atoms with Crippen molar-refractivity contribution in [3.05, 3.63) is 24.3 Å². The third-order valence-corrected chi connectivity index (χ3v) is 5.81. The number of para-hydroxylation sites is 2. The number of fused-ring (bicyclic) bond motifs is 1. The number of Topliss-reactive ketones (excluding diaryl/α,β-unsaturated/α-hetero) is 1. The second kappa shape index (κ2) is 14.5. The molecular formula is C25H31N5O10. The number of carbonyl (C=O) groups excluding carboxylic acids is 7. The molecule has 0 fully saturated rings. The Labute approximate surface area is 228 Å². The number of carbonyl (C=O) groups is 8. The molecule has 0 aliphatic carbocycles. The van der Waals surface area contributed by atoms with E-state index in [1.807, 2.05) is 0 Å². The van der Waals surface area contributed by atoms with Crippen LogP contribution in [0.4, 0.5) is 11.4 Å². The minimum atomic E-state index is -1.50. The summed E-state index contributed by atoms with van der Waals surface area (Å²) >= 11 is 0. The first-order valence-electron chi connectivity index (χ1n) is 12.2. The van der Waals surface area contributed by atoms with E-state index < -0.39 is 79.7 Å². The molecule has 1 aromatic carbocycles. The predicted molar refractivity (Wildman–Crippen MR) is 138 cm³/mol. The molecule has 40 heavy (non-hydrogen) atoms. The SMILES string of the molecule is CC(=O)C[C@@H](C=O)NC(=O)CN1C(=O)[C@@H](NC(=O)[C@H](CCC(=O)O)NC(C)=O)CN(C(=O)CO)c2ccccc21. The topological polar surface area (TPSA) is 220 Å². The van der Waals surface area contributed by atoms with Crippen molar-refractivity contribution in [3.63, 3.8) is 0 Å². The average Bonchev–Trinajstić information content (AvgIpc) is 3.00. The van der Waals surface area contributed by atoms with Crippen molar-refractivity contribution >= 4 is 58.9 Å². The number of benzene rings is 1. The summed E-state index contributed by atoms with van der Waals surface area (Å²) < 4.78 is 0. The first-order valence-corrected chi connectivity index (χ1v) is 12.2. The standard InChI is InChI=1S/C25H31N5O10/c1-14(33)9-16(12-31)27-21(35)11-30-20-6-4-3-5-19(20)29(22(36)13-32)10-18(25(30)40)28-24(39)17(26-15(2)34)7-8-23(37)38/h3-6,12,16-18,32H,7-11,13H2,1-2H3,(H,26,34)(H,27,35)(H,28,39)(H,37,38)/t16-,17-,18-/m0/s1. The predicted octanol–water partition coefficient (Wildman–Crippen LogP) is -2.12. The highest BCUT2D eigenvalue weighted by Crippen LogP contribution is 2.32. The van der Waals surface area contributed by atoms with E-state index >= 15 is 0 Å². The van der Waals surface area contributed by atoms with Gasteiger partial charge in [0.25, 0.3) is 11.8 Å². The van der Waals surface area contributed by atoms with Crippen molar-refractivity contribution < 1.29 is 48.6 Å². The second-order valence-electron chi connectivity index (χ2n) is 9.04. The van der Waals surface area contributed by atoms with Crippen molar-refractivity contribution in [2.45, 2.75) is 51.2 Å². The van der Waals surface area contributed by atoms with E-state index in [9.17, 15) is 43.5 Å². The number of carboxylic acid groups (broad SMARTS) is 1. The van der Waals surface area contributed by atoms with Crippen LogP contribution in [0.25, 0.3) is 0 Å². The van der Waals surface area contributed by atoms with Crippen LogP contribution in [0, 0.1) is 0 Å². The van der Waals surface area contributed by atoms with E-state index in [-0.39, 0.29) is 30.0 Å². The molecule has 0 spiro atoms. The normalized spacial score (nSPS) is 16.1. The molecule has 0 radical (unpaired) electrons. The summed E-state index contributed by atoms with van der Waals surface area (Å²) in [6.07, 6.45) is -0.655. The van der Waals surface area contributed by atoms with Gasteiger partial charge in [0.15, 0.2) is 0 Å². The Morgan fingerprint density at radius 1 is 1.07 bits per heavy atom. The van der Waals surface area contributed by atoms with Crippen molar-refractivity contribution in [1.29, 1.82) is 0 Å². The highest BCUT2D eigenvalue weighted by Gasteiger charge is 2.38. The second-order valence-corrected chi connectivity index (χ2v) is 9.04. The number of rotatable bonds is 13. The highest BCUT2D eigenvalue weighted by molar-refractivity contribution is 6.10. The lowest BCUT2D eigenvalue weighted by atomic mass is 10.1. The van der Waals surface area contributed by atoms with Gasteiger partial charge in [0.1, 0.15) is 37.3 Å². The number of anilines is 2. The molecule has 15 nitrogen and oxygen atoms in total. The Bertz CT molecular complexity index is 1190. The van der Waals surface area contributed by atoms with Crippen LogP contribution >= 0.6 is 0 Å². The van der Waals surface area contributed by atoms with Gasteiger partial charge in [-0.2, -0.15) is 0 Å². The van der Waals surface area contributed by atoms with Gasteiger partial charge in [0.05, 0.1) is 24.0 Å². The summed E-state index contributed by atoms with van der Waals surface area (Å²) in [6, 6.07) is 2.00. The van der Waals surface area contributed by atoms with E-state index in [1.165, 1.54) is 25.1 Å². The van der Waals surface area contributed by atoms with Gasteiger partial charge in [-0.05, 0) is 25.5 Å². The number of nitrogens with one attached hydrogen (secondary N) is 3. The lowest BCUT2D eigenvalue weighted by Gasteiger charge is -2.27. The number of aliphatic carboxylic acids is 1. The van der Waals surface area contributed by atoms with Crippen molar-refractivity contribution in [2.24, 2.45) is 0 Å². The van der Waals surface area contributed by atoms with E-state index in [1.54, 1.807) is 6.07 Å². The van der Waals surface area contributed by atoms with Crippen LogP contribution in [-0.4, -0.2) is 95.6 Å². The maximum absolute atomic E-state index is 13.7. The van der Waals surface area contributed by atoms with Gasteiger partial charge in [0, 0.05) is 19.8 Å². The molecule has 0 unspecified atom stereocenters. The number of ketones is 1. The molecule has 5 amide bonds. The summed E-state index contributed by atoms with van der Waals surface area (Å²) in [4.78, 5) is 99.6. The maximum Gasteiger partial charge on any atom is 0.303 e. The van der Waals surface area contributed by atoms with Crippen LogP contribution in [-0.2, 0) is 38.4 Å². The molecule has 1 aromatic rings. The van der Waals surface area contributed by atoms with Crippen LogP contribution in [0.2, 0.25) is 0 Å². The quantitative estimate of drug-likeness (QED) is 0.165. The third-order valence-electron chi connectivity index (χ3n) is 5.81. The number of aliphatic hydroxyl groups excluding tert-OH is 1. The first kappa shape index (κ1) is 31.6. The molecule has 2 rings (SSSR count). The zero-order chi connectivity index (χ0) is 30.0. The van der Waals surface area contributed by atoms with Crippen molar-refractivity contribution in [3.8, 4) is 0 Å². The minimum Gasteiger partial charge on any atom is -0.481 e. The summed E-state index contributed by atoms with van der Waals surface area (Å²) in [6.45, 7) is 0.284. The van der Waals surface area contributed by atoms with Gasteiger partial charge in [0.2, 0.25) is 17.7 Å². The molecule has 15 heteroatoms. The molecule has 0 saturated carbocycles. The first-order chi connectivity index (χ1) is 18.9. The number of carboxylic acids is 1. The molecular weight excluding hydrogens is 530 g/mol. The zero-order valence-electron chi connectivity index (χ0n) is 21.9. The number of nitrogens with zero attached hydrogens (tertiary/aromatic N) is 2. The van der Waals surface area contributed by atoms with Gasteiger partial charge in [-0.15, -0.1) is 0 Å². The fourth-order valence-electron chi connectivity index (χ4n) is 4.07.